The number of rotatable bonds is 4. The zero-order valence-corrected chi connectivity index (χ0v) is 11.2. The highest BCUT2D eigenvalue weighted by atomic mass is 79.9. The van der Waals surface area contributed by atoms with Crippen LogP contribution in [0.15, 0.2) is 27.4 Å². The van der Waals surface area contributed by atoms with Crippen LogP contribution in [0.5, 0.6) is 0 Å². The van der Waals surface area contributed by atoms with Gasteiger partial charge in [-0.3, -0.25) is 4.90 Å². The van der Waals surface area contributed by atoms with Crippen LogP contribution in [0.1, 0.15) is 10.6 Å². The van der Waals surface area contributed by atoms with Crippen LogP contribution in [0.4, 0.5) is 5.13 Å². The van der Waals surface area contributed by atoms with Gasteiger partial charge in [0.1, 0.15) is 5.76 Å². The fraction of sp³-hybridized carbons (Fsp3) is 0.300. The average molecular weight is 302 g/mol. The first-order chi connectivity index (χ1) is 7.63. The van der Waals surface area contributed by atoms with E-state index in [9.17, 15) is 0 Å². The molecule has 16 heavy (non-hydrogen) atoms. The van der Waals surface area contributed by atoms with E-state index in [1.807, 2.05) is 25.4 Å². The summed E-state index contributed by atoms with van der Waals surface area (Å²) < 4.78 is 6.20. The number of halogens is 1. The molecule has 4 nitrogen and oxygen atoms in total. The number of nitrogens with two attached hydrogens (primary N) is 1. The number of nitrogen functional groups attached to an aromatic ring is 1. The summed E-state index contributed by atoms with van der Waals surface area (Å²) in [4.78, 5) is 7.33. The summed E-state index contributed by atoms with van der Waals surface area (Å²) in [5.74, 6) is 0.937. The molecule has 0 aliphatic rings. The molecule has 0 spiro atoms. The third kappa shape index (κ3) is 3.07. The molecule has 0 aliphatic heterocycles. The third-order valence-electron chi connectivity index (χ3n) is 2.05. The Morgan fingerprint density at radius 3 is 2.88 bits per heavy atom. The molecular formula is C10H12BrN3OS. The van der Waals surface area contributed by atoms with E-state index < -0.39 is 0 Å². The van der Waals surface area contributed by atoms with Gasteiger partial charge in [-0.2, -0.15) is 0 Å². The zero-order chi connectivity index (χ0) is 11.5. The number of anilines is 1. The Bertz CT molecular complexity index is 426. The summed E-state index contributed by atoms with van der Waals surface area (Å²) in [7, 11) is 2.03. The zero-order valence-electron chi connectivity index (χ0n) is 8.81. The van der Waals surface area contributed by atoms with Gasteiger partial charge < -0.3 is 10.2 Å². The van der Waals surface area contributed by atoms with E-state index in [-0.39, 0.29) is 0 Å². The molecule has 86 valence electrons. The molecule has 0 saturated carbocycles. The maximum atomic E-state index is 5.57. The van der Waals surface area contributed by atoms with E-state index in [1.54, 1.807) is 0 Å². The van der Waals surface area contributed by atoms with Crippen molar-refractivity contribution >= 4 is 32.4 Å². The molecule has 0 amide bonds. The lowest BCUT2D eigenvalue weighted by atomic mass is 10.4. The quantitative estimate of drug-likeness (QED) is 0.943. The molecule has 0 radical (unpaired) electrons. The van der Waals surface area contributed by atoms with Crippen LogP contribution in [0.3, 0.4) is 0 Å². The van der Waals surface area contributed by atoms with E-state index in [1.165, 1.54) is 11.3 Å². The van der Waals surface area contributed by atoms with Crippen molar-refractivity contribution in [3.8, 4) is 0 Å². The molecule has 0 atom stereocenters. The van der Waals surface area contributed by atoms with Crippen LogP contribution in [0.2, 0.25) is 0 Å². The van der Waals surface area contributed by atoms with Crippen molar-refractivity contribution in [1.82, 2.24) is 9.88 Å². The summed E-state index contributed by atoms with van der Waals surface area (Å²) in [6.07, 6.45) is 1.81. The van der Waals surface area contributed by atoms with E-state index >= 15 is 0 Å². The Kier molecular flexibility index (Phi) is 3.63. The first-order valence-electron chi connectivity index (χ1n) is 4.76. The lowest BCUT2D eigenvalue weighted by Crippen LogP contribution is -2.16. The molecular weight excluding hydrogens is 290 g/mol. The minimum Gasteiger partial charge on any atom is -0.453 e. The third-order valence-corrected chi connectivity index (χ3v) is 3.29. The number of hydrogen-bond acceptors (Lipinski definition) is 5. The van der Waals surface area contributed by atoms with Gasteiger partial charge in [0.15, 0.2) is 9.80 Å². The number of thiazole rings is 1. The van der Waals surface area contributed by atoms with Gasteiger partial charge in [-0.25, -0.2) is 4.98 Å². The van der Waals surface area contributed by atoms with Gasteiger partial charge in [0.05, 0.1) is 6.54 Å². The Morgan fingerprint density at radius 2 is 2.31 bits per heavy atom. The summed E-state index contributed by atoms with van der Waals surface area (Å²) in [5, 5.41) is 0.615. The van der Waals surface area contributed by atoms with Gasteiger partial charge in [0.25, 0.3) is 0 Å². The SMILES string of the molecule is CN(Cc1ccc(Br)o1)Cc1cnc(N)s1. The molecule has 2 N–H and O–H groups in total. The molecule has 0 fully saturated rings. The number of furan rings is 1. The topological polar surface area (TPSA) is 55.3 Å². The molecule has 2 heterocycles. The summed E-state index contributed by atoms with van der Waals surface area (Å²) in [5.41, 5.74) is 5.57. The normalized spacial score (nSPS) is 11.2. The van der Waals surface area contributed by atoms with Crippen molar-refractivity contribution in [3.63, 3.8) is 0 Å². The predicted octanol–water partition coefficient (Wildman–Crippen LogP) is 2.71. The Balaban J connectivity index is 1.91. The van der Waals surface area contributed by atoms with Crippen LogP contribution in [-0.4, -0.2) is 16.9 Å². The minimum absolute atomic E-state index is 0.615. The first-order valence-corrected chi connectivity index (χ1v) is 6.37. The Hall–Kier alpha value is -0.850. The highest BCUT2D eigenvalue weighted by Crippen LogP contribution is 2.19. The highest BCUT2D eigenvalue weighted by molar-refractivity contribution is 9.10. The molecule has 2 aromatic rings. The van der Waals surface area contributed by atoms with Gasteiger partial charge in [-0.05, 0) is 35.1 Å². The number of hydrogen-bond donors (Lipinski definition) is 1. The van der Waals surface area contributed by atoms with E-state index in [2.05, 4.69) is 25.8 Å². The van der Waals surface area contributed by atoms with Crippen molar-refractivity contribution in [2.75, 3.05) is 12.8 Å². The van der Waals surface area contributed by atoms with Gasteiger partial charge >= 0.3 is 0 Å². The second kappa shape index (κ2) is 4.99. The molecule has 0 saturated heterocycles. The van der Waals surface area contributed by atoms with E-state index in [0.717, 1.165) is 28.4 Å². The maximum Gasteiger partial charge on any atom is 0.180 e. The van der Waals surface area contributed by atoms with Crippen LogP contribution in [-0.2, 0) is 13.1 Å². The largest absolute Gasteiger partial charge is 0.453 e. The minimum atomic E-state index is 0.615. The fourth-order valence-electron chi connectivity index (χ4n) is 1.42. The smallest absolute Gasteiger partial charge is 0.180 e. The average Bonchev–Trinajstić information content (AvgIpc) is 2.76. The van der Waals surface area contributed by atoms with Gasteiger partial charge in [0, 0.05) is 17.6 Å². The van der Waals surface area contributed by atoms with Crippen molar-refractivity contribution < 1.29 is 4.42 Å². The lowest BCUT2D eigenvalue weighted by Gasteiger charge is -2.13. The summed E-state index contributed by atoms with van der Waals surface area (Å²) >= 11 is 4.80. The van der Waals surface area contributed by atoms with Gasteiger partial charge in [0.2, 0.25) is 0 Å². The maximum absolute atomic E-state index is 5.57. The summed E-state index contributed by atoms with van der Waals surface area (Å²) in [6, 6.07) is 3.86. The number of nitrogens with zero attached hydrogens (tertiary/aromatic N) is 2. The standard InChI is InChI=1S/C10H12BrN3OS/c1-14(5-7-2-3-9(11)15-7)6-8-4-13-10(12)16-8/h2-4H,5-6H2,1H3,(H2,12,13). The molecule has 0 aliphatic carbocycles. The fourth-order valence-corrected chi connectivity index (χ4v) is 2.52. The lowest BCUT2D eigenvalue weighted by molar-refractivity contribution is 0.287. The predicted molar refractivity (Wildman–Crippen MR) is 68.1 cm³/mol. The Morgan fingerprint density at radius 1 is 1.50 bits per heavy atom. The second-order valence-electron chi connectivity index (χ2n) is 3.54. The van der Waals surface area contributed by atoms with E-state index in [0.29, 0.717) is 5.13 Å². The van der Waals surface area contributed by atoms with Crippen molar-refractivity contribution in [3.05, 3.63) is 33.6 Å². The van der Waals surface area contributed by atoms with Crippen LogP contribution < -0.4 is 5.73 Å². The summed E-state index contributed by atoms with van der Waals surface area (Å²) in [6.45, 7) is 1.59. The van der Waals surface area contributed by atoms with Crippen molar-refractivity contribution in [2.24, 2.45) is 0 Å². The van der Waals surface area contributed by atoms with E-state index in [4.69, 9.17) is 10.2 Å². The van der Waals surface area contributed by atoms with Crippen LogP contribution in [0, 0.1) is 0 Å². The highest BCUT2D eigenvalue weighted by Gasteiger charge is 2.07. The molecule has 6 heteroatoms. The first kappa shape index (κ1) is 11.6. The van der Waals surface area contributed by atoms with Crippen LogP contribution in [0.25, 0.3) is 0 Å². The molecule has 2 rings (SSSR count). The van der Waals surface area contributed by atoms with Crippen LogP contribution >= 0.6 is 27.3 Å². The second-order valence-corrected chi connectivity index (χ2v) is 5.47. The van der Waals surface area contributed by atoms with Crippen molar-refractivity contribution in [2.45, 2.75) is 13.1 Å². The number of aromatic nitrogens is 1. The monoisotopic (exact) mass is 301 g/mol. The van der Waals surface area contributed by atoms with Crippen molar-refractivity contribution in [1.29, 1.82) is 0 Å². The molecule has 2 aromatic heterocycles. The van der Waals surface area contributed by atoms with Gasteiger partial charge in [-0.1, -0.05) is 0 Å². The molecule has 0 aromatic carbocycles. The molecule has 0 bridgehead atoms. The molecule has 0 unspecified atom stereocenters. The van der Waals surface area contributed by atoms with Gasteiger partial charge in [-0.15, -0.1) is 11.3 Å². The Labute approximate surface area is 106 Å².